The Bertz CT molecular complexity index is 428. The van der Waals surface area contributed by atoms with E-state index in [2.05, 4.69) is 40.0 Å². The highest BCUT2D eigenvalue weighted by atomic mass is 16.4. The van der Waals surface area contributed by atoms with E-state index < -0.39 is 0 Å². The van der Waals surface area contributed by atoms with Crippen molar-refractivity contribution in [2.45, 2.75) is 45.7 Å². The molecule has 0 radical (unpaired) electrons. The van der Waals surface area contributed by atoms with E-state index in [1.165, 1.54) is 12.8 Å². The third kappa shape index (κ3) is 5.56. The molecule has 2 rings (SSSR count). The van der Waals surface area contributed by atoms with Crippen molar-refractivity contribution in [1.29, 1.82) is 0 Å². The van der Waals surface area contributed by atoms with Crippen LogP contribution in [0.3, 0.4) is 0 Å². The van der Waals surface area contributed by atoms with Gasteiger partial charge in [0.05, 0.1) is 6.54 Å². The van der Waals surface area contributed by atoms with Crippen LogP contribution in [0.5, 0.6) is 0 Å². The molecule has 7 heteroatoms. The standard InChI is InChI=1S/C13H23N5O2/c1-9(2)7-16-11(19)5-6-14-13-18-17-12(20-13)8-15-10-3-4-10/h9-10,15H,3-8H2,1-2H3,(H,14,18)(H,16,19). The fourth-order valence-corrected chi connectivity index (χ4v) is 1.60. The van der Waals surface area contributed by atoms with Crippen molar-refractivity contribution >= 4 is 11.9 Å². The lowest BCUT2D eigenvalue weighted by Crippen LogP contribution is -2.28. The van der Waals surface area contributed by atoms with Crippen molar-refractivity contribution in [2.24, 2.45) is 5.92 Å². The number of anilines is 1. The normalized spacial score (nSPS) is 14.6. The molecule has 0 saturated heterocycles. The summed E-state index contributed by atoms with van der Waals surface area (Å²) >= 11 is 0. The van der Waals surface area contributed by atoms with Crippen LogP contribution < -0.4 is 16.0 Å². The highest BCUT2D eigenvalue weighted by molar-refractivity contribution is 5.76. The van der Waals surface area contributed by atoms with Gasteiger partial charge in [-0.25, -0.2) is 0 Å². The number of carbonyl (C=O) groups is 1. The SMILES string of the molecule is CC(C)CNC(=O)CCNc1nnc(CNC2CC2)o1. The Labute approximate surface area is 118 Å². The first-order valence-corrected chi connectivity index (χ1v) is 7.20. The molecule has 0 aromatic carbocycles. The molecular formula is C13H23N5O2. The second kappa shape index (κ2) is 7.23. The van der Waals surface area contributed by atoms with Crippen molar-refractivity contribution in [3.05, 3.63) is 5.89 Å². The first-order chi connectivity index (χ1) is 9.63. The molecule has 1 saturated carbocycles. The predicted molar refractivity (Wildman–Crippen MR) is 75.1 cm³/mol. The van der Waals surface area contributed by atoms with Gasteiger partial charge in [-0.05, 0) is 18.8 Å². The summed E-state index contributed by atoms with van der Waals surface area (Å²) in [4.78, 5) is 11.5. The maximum absolute atomic E-state index is 11.5. The van der Waals surface area contributed by atoms with Gasteiger partial charge >= 0.3 is 6.01 Å². The number of amides is 1. The lowest BCUT2D eigenvalue weighted by Gasteiger charge is -2.07. The van der Waals surface area contributed by atoms with Crippen molar-refractivity contribution < 1.29 is 9.21 Å². The van der Waals surface area contributed by atoms with Gasteiger partial charge < -0.3 is 20.4 Å². The van der Waals surface area contributed by atoms with E-state index in [-0.39, 0.29) is 5.91 Å². The van der Waals surface area contributed by atoms with E-state index >= 15 is 0 Å². The van der Waals surface area contributed by atoms with E-state index in [4.69, 9.17) is 4.42 Å². The van der Waals surface area contributed by atoms with Crippen LogP contribution in [-0.2, 0) is 11.3 Å². The molecule has 0 spiro atoms. The zero-order valence-corrected chi connectivity index (χ0v) is 12.1. The molecule has 0 aliphatic heterocycles. The zero-order chi connectivity index (χ0) is 14.4. The van der Waals surface area contributed by atoms with E-state index in [1.807, 2.05) is 0 Å². The van der Waals surface area contributed by atoms with E-state index in [0.29, 0.717) is 49.9 Å². The van der Waals surface area contributed by atoms with Gasteiger partial charge in [0, 0.05) is 25.6 Å². The summed E-state index contributed by atoms with van der Waals surface area (Å²) in [5.41, 5.74) is 0. The fourth-order valence-electron chi connectivity index (χ4n) is 1.60. The minimum Gasteiger partial charge on any atom is -0.407 e. The molecule has 7 nitrogen and oxygen atoms in total. The highest BCUT2D eigenvalue weighted by Crippen LogP contribution is 2.19. The molecule has 20 heavy (non-hydrogen) atoms. The van der Waals surface area contributed by atoms with Gasteiger partial charge in [-0.15, -0.1) is 5.10 Å². The molecule has 0 unspecified atom stereocenters. The summed E-state index contributed by atoms with van der Waals surface area (Å²) in [5.74, 6) is 1.06. The predicted octanol–water partition coefficient (Wildman–Crippen LogP) is 0.896. The molecule has 1 aliphatic carbocycles. The number of rotatable bonds is 9. The largest absolute Gasteiger partial charge is 0.407 e. The molecule has 0 bridgehead atoms. The van der Waals surface area contributed by atoms with Crippen LogP contribution in [-0.4, -0.2) is 35.2 Å². The molecule has 1 heterocycles. The Balaban J connectivity index is 1.59. The number of nitrogens with zero attached hydrogens (tertiary/aromatic N) is 2. The van der Waals surface area contributed by atoms with E-state index in [0.717, 1.165) is 0 Å². The number of hydrogen-bond donors (Lipinski definition) is 3. The number of carbonyl (C=O) groups excluding carboxylic acids is 1. The molecule has 1 fully saturated rings. The second-order valence-electron chi connectivity index (χ2n) is 5.53. The smallest absolute Gasteiger partial charge is 0.315 e. The van der Waals surface area contributed by atoms with Gasteiger partial charge in [0.25, 0.3) is 0 Å². The molecule has 1 aliphatic rings. The molecule has 1 amide bonds. The summed E-state index contributed by atoms with van der Waals surface area (Å²) in [6.07, 6.45) is 2.85. The van der Waals surface area contributed by atoms with Crippen LogP contribution in [0.1, 0.15) is 39.0 Å². The number of nitrogens with one attached hydrogen (secondary N) is 3. The summed E-state index contributed by atoms with van der Waals surface area (Å²) in [7, 11) is 0. The van der Waals surface area contributed by atoms with Crippen LogP contribution in [0.4, 0.5) is 6.01 Å². The second-order valence-corrected chi connectivity index (χ2v) is 5.53. The Kier molecular flexibility index (Phi) is 5.34. The average Bonchev–Trinajstić information content (AvgIpc) is 3.14. The maximum atomic E-state index is 11.5. The van der Waals surface area contributed by atoms with E-state index in [9.17, 15) is 4.79 Å². The van der Waals surface area contributed by atoms with Crippen LogP contribution in [0, 0.1) is 5.92 Å². The van der Waals surface area contributed by atoms with Crippen molar-refractivity contribution in [1.82, 2.24) is 20.8 Å². The van der Waals surface area contributed by atoms with Gasteiger partial charge in [-0.2, -0.15) is 0 Å². The summed E-state index contributed by atoms with van der Waals surface area (Å²) in [5, 5.41) is 16.9. The molecule has 0 atom stereocenters. The Hall–Kier alpha value is -1.63. The Morgan fingerprint density at radius 1 is 1.40 bits per heavy atom. The van der Waals surface area contributed by atoms with Crippen molar-refractivity contribution in [3.63, 3.8) is 0 Å². The average molecular weight is 281 g/mol. The number of aromatic nitrogens is 2. The van der Waals surface area contributed by atoms with Gasteiger partial charge in [0.2, 0.25) is 11.8 Å². The van der Waals surface area contributed by atoms with Crippen LogP contribution in [0.25, 0.3) is 0 Å². The van der Waals surface area contributed by atoms with Gasteiger partial charge in [0.1, 0.15) is 0 Å². The Morgan fingerprint density at radius 2 is 2.20 bits per heavy atom. The molecule has 3 N–H and O–H groups in total. The molecule has 1 aromatic rings. The topological polar surface area (TPSA) is 92.1 Å². The minimum atomic E-state index is 0.0290. The third-order valence-corrected chi connectivity index (χ3v) is 2.92. The highest BCUT2D eigenvalue weighted by Gasteiger charge is 2.21. The first-order valence-electron chi connectivity index (χ1n) is 7.20. The van der Waals surface area contributed by atoms with E-state index in [1.54, 1.807) is 0 Å². The zero-order valence-electron chi connectivity index (χ0n) is 12.1. The number of hydrogen-bond acceptors (Lipinski definition) is 6. The van der Waals surface area contributed by atoms with Crippen molar-refractivity contribution in [2.75, 3.05) is 18.4 Å². The minimum absolute atomic E-state index is 0.0290. The monoisotopic (exact) mass is 281 g/mol. The molecule has 112 valence electrons. The quantitative estimate of drug-likeness (QED) is 0.623. The van der Waals surface area contributed by atoms with Crippen LogP contribution in [0.15, 0.2) is 4.42 Å². The van der Waals surface area contributed by atoms with Crippen LogP contribution >= 0.6 is 0 Å². The Morgan fingerprint density at radius 3 is 2.90 bits per heavy atom. The maximum Gasteiger partial charge on any atom is 0.315 e. The lowest BCUT2D eigenvalue weighted by atomic mass is 10.2. The summed E-state index contributed by atoms with van der Waals surface area (Å²) < 4.78 is 5.41. The first kappa shape index (κ1) is 14.8. The molecular weight excluding hydrogens is 258 g/mol. The summed E-state index contributed by atoms with van der Waals surface area (Å²) in [6.45, 7) is 5.93. The van der Waals surface area contributed by atoms with Gasteiger partial charge in [-0.1, -0.05) is 18.9 Å². The van der Waals surface area contributed by atoms with Gasteiger partial charge in [0.15, 0.2) is 0 Å². The fraction of sp³-hybridized carbons (Fsp3) is 0.769. The van der Waals surface area contributed by atoms with Crippen LogP contribution in [0.2, 0.25) is 0 Å². The lowest BCUT2D eigenvalue weighted by molar-refractivity contribution is -0.120. The summed E-state index contributed by atoms with van der Waals surface area (Å²) in [6, 6.07) is 0.984. The molecule has 1 aromatic heterocycles. The van der Waals surface area contributed by atoms with Gasteiger partial charge in [-0.3, -0.25) is 4.79 Å². The third-order valence-electron chi connectivity index (χ3n) is 2.92. The van der Waals surface area contributed by atoms with Crippen molar-refractivity contribution in [3.8, 4) is 0 Å².